The Morgan fingerprint density at radius 2 is 2.17 bits per heavy atom. The molecule has 0 spiro atoms. The van der Waals surface area contributed by atoms with E-state index in [4.69, 9.17) is 4.74 Å². The van der Waals surface area contributed by atoms with Gasteiger partial charge in [-0.3, -0.25) is 4.79 Å². The highest BCUT2D eigenvalue weighted by Crippen LogP contribution is 2.29. The van der Waals surface area contributed by atoms with Gasteiger partial charge in [-0.1, -0.05) is 33.8 Å². The van der Waals surface area contributed by atoms with E-state index in [0.717, 1.165) is 25.9 Å². The van der Waals surface area contributed by atoms with E-state index in [2.05, 4.69) is 50.5 Å². The van der Waals surface area contributed by atoms with Gasteiger partial charge in [0, 0.05) is 17.9 Å². The summed E-state index contributed by atoms with van der Waals surface area (Å²) < 4.78 is 5.81. The Labute approximate surface area is 144 Å². The van der Waals surface area contributed by atoms with E-state index in [9.17, 15) is 4.79 Å². The predicted octanol–water partition coefficient (Wildman–Crippen LogP) is 4.79. The molecule has 0 radical (unpaired) electrons. The Bertz CT molecular complexity index is 470. The normalized spacial score (nSPS) is 23.2. The highest BCUT2D eigenvalue weighted by atomic mass is 32.1. The number of carbonyl (C=O) groups excluding carboxylic acids is 1. The molecule has 0 aliphatic carbocycles. The van der Waals surface area contributed by atoms with Crippen LogP contribution in [-0.2, 0) is 9.53 Å². The minimum Gasteiger partial charge on any atom is -0.378 e. The molecule has 1 aliphatic heterocycles. The van der Waals surface area contributed by atoms with Crippen LogP contribution in [0.3, 0.4) is 0 Å². The summed E-state index contributed by atoms with van der Waals surface area (Å²) in [6.07, 6.45) is 3.95. The van der Waals surface area contributed by atoms with Gasteiger partial charge in [0.05, 0.1) is 12.1 Å². The van der Waals surface area contributed by atoms with Gasteiger partial charge in [-0.2, -0.15) is 0 Å². The van der Waals surface area contributed by atoms with Crippen LogP contribution < -0.4 is 5.32 Å². The molecule has 0 bridgehead atoms. The van der Waals surface area contributed by atoms with Crippen molar-refractivity contribution in [2.24, 2.45) is 17.8 Å². The van der Waals surface area contributed by atoms with Crippen molar-refractivity contribution < 1.29 is 9.53 Å². The molecule has 2 rings (SSSR count). The molecule has 1 saturated heterocycles. The lowest BCUT2D eigenvalue weighted by atomic mass is 9.88. The summed E-state index contributed by atoms with van der Waals surface area (Å²) in [6, 6.07) is 4.34. The van der Waals surface area contributed by atoms with E-state index < -0.39 is 0 Å². The first-order valence-corrected chi connectivity index (χ1v) is 9.78. The zero-order valence-electron chi connectivity index (χ0n) is 14.9. The van der Waals surface area contributed by atoms with Gasteiger partial charge < -0.3 is 10.1 Å². The lowest BCUT2D eigenvalue weighted by molar-refractivity contribution is -0.124. The van der Waals surface area contributed by atoms with Gasteiger partial charge in [0.1, 0.15) is 0 Å². The monoisotopic (exact) mass is 337 g/mol. The molecule has 0 unspecified atom stereocenters. The SMILES string of the molecule is CC(C)C[C@H](NC(=O)C[C@H]1CCO[C@@H](C(C)C)C1)c1cccs1. The number of rotatable bonds is 7. The summed E-state index contributed by atoms with van der Waals surface area (Å²) in [4.78, 5) is 13.8. The second kappa shape index (κ2) is 8.84. The fourth-order valence-electron chi connectivity index (χ4n) is 3.27. The Kier molecular flexibility index (Phi) is 7.09. The third kappa shape index (κ3) is 5.92. The Balaban J connectivity index is 1.89. The summed E-state index contributed by atoms with van der Waals surface area (Å²) in [6.45, 7) is 9.60. The molecule has 4 heteroatoms. The largest absolute Gasteiger partial charge is 0.378 e. The predicted molar refractivity (Wildman–Crippen MR) is 96.6 cm³/mol. The van der Waals surface area contributed by atoms with Gasteiger partial charge in [0.15, 0.2) is 0 Å². The minimum absolute atomic E-state index is 0.156. The van der Waals surface area contributed by atoms with Crippen LogP contribution in [0.4, 0.5) is 0 Å². The van der Waals surface area contributed by atoms with E-state index in [-0.39, 0.29) is 11.9 Å². The van der Waals surface area contributed by atoms with Crippen molar-refractivity contribution in [3.05, 3.63) is 22.4 Å². The van der Waals surface area contributed by atoms with Crippen molar-refractivity contribution in [1.29, 1.82) is 0 Å². The summed E-state index contributed by atoms with van der Waals surface area (Å²) in [5, 5.41) is 5.36. The molecule has 1 amide bonds. The molecule has 1 fully saturated rings. The number of hydrogen-bond acceptors (Lipinski definition) is 3. The van der Waals surface area contributed by atoms with E-state index in [0.29, 0.717) is 30.3 Å². The first-order chi connectivity index (χ1) is 11.0. The Hall–Kier alpha value is -0.870. The molecule has 3 nitrogen and oxygen atoms in total. The Morgan fingerprint density at radius 1 is 1.39 bits per heavy atom. The number of ether oxygens (including phenoxy) is 1. The smallest absolute Gasteiger partial charge is 0.220 e. The van der Waals surface area contributed by atoms with Crippen LogP contribution in [0.5, 0.6) is 0 Å². The van der Waals surface area contributed by atoms with Crippen LogP contribution in [0.1, 0.15) is 64.3 Å². The topological polar surface area (TPSA) is 38.3 Å². The highest BCUT2D eigenvalue weighted by molar-refractivity contribution is 7.10. The van der Waals surface area contributed by atoms with Crippen molar-refractivity contribution in [1.82, 2.24) is 5.32 Å². The molecule has 23 heavy (non-hydrogen) atoms. The molecule has 2 heterocycles. The number of amides is 1. The Morgan fingerprint density at radius 3 is 2.78 bits per heavy atom. The molecule has 1 aromatic rings. The van der Waals surface area contributed by atoms with Gasteiger partial charge >= 0.3 is 0 Å². The molecule has 1 aromatic heterocycles. The summed E-state index contributed by atoms with van der Waals surface area (Å²) >= 11 is 1.73. The quantitative estimate of drug-likeness (QED) is 0.776. The molecule has 0 saturated carbocycles. The van der Waals surface area contributed by atoms with Gasteiger partial charge in [-0.25, -0.2) is 0 Å². The van der Waals surface area contributed by atoms with Crippen LogP contribution in [0.2, 0.25) is 0 Å². The molecular formula is C19H31NO2S. The summed E-state index contributed by atoms with van der Waals surface area (Å²) in [5.74, 6) is 1.74. The lowest BCUT2D eigenvalue weighted by Gasteiger charge is -2.32. The fourth-order valence-corrected chi connectivity index (χ4v) is 4.06. The molecule has 130 valence electrons. The van der Waals surface area contributed by atoms with Crippen molar-refractivity contribution in [3.63, 3.8) is 0 Å². The summed E-state index contributed by atoms with van der Waals surface area (Å²) in [5.41, 5.74) is 0. The van der Waals surface area contributed by atoms with Crippen LogP contribution in [0, 0.1) is 17.8 Å². The second-order valence-corrected chi connectivity index (χ2v) is 8.49. The average molecular weight is 338 g/mol. The second-order valence-electron chi connectivity index (χ2n) is 7.51. The van der Waals surface area contributed by atoms with E-state index in [1.807, 2.05) is 0 Å². The molecule has 1 aliphatic rings. The third-order valence-corrected chi connectivity index (χ3v) is 5.56. The van der Waals surface area contributed by atoms with Gasteiger partial charge in [-0.05, 0) is 48.5 Å². The van der Waals surface area contributed by atoms with Crippen LogP contribution in [-0.4, -0.2) is 18.6 Å². The minimum atomic E-state index is 0.156. The lowest BCUT2D eigenvalue weighted by Crippen LogP contribution is -2.35. The molecular weight excluding hydrogens is 306 g/mol. The van der Waals surface area contributed by atoms with Crippen LogP contribution in [0.25, 0.3) is 0 Å². The maximum Gasteiger partial charge on any atom is 0.220 e. The number of hydrogen-bond donors (Lipinski definition) is 1. The zero-order chi connectivity index (χ0) is 16.8. The van der Waals surface area contributed by atoms with Gasteiger partial charge in [0.25, 0.3) is 0 Å². The number of carbonyl (C=O) groups is 1. The van der Waals surface area contributed by atoms with Crippen LogP contribution >= 0.6 is 11.3 Å². The van der Waals surface area contributed by atoms with E-state index >= 15 is 0 Å². The molecule has 1 N–H and O–H groups in total. The summed E-state index contributed by atoms with van der Waals surface area (Å²) in [7, 11) is 0. The van der Waals surface area contributed by atoms with Gasteiger partial charge in [-0.15, -0.1) is 11.3 Å². The third-order valence-electron chi connectivity index (χ3n) is 4.57. The molecule has 3 atom stereocenters. The highest BCUT2D eigenvalue weighted by Gasteiger charge is 2.27. The van der Waals surface area contributed by atoms with Crippen molar-refractivity contribution in [2.75, 3.05) is 6.61 Å². The van der Waals surface area contributed by atoms with Gasteiger partial charge in [0.2, 0.25) is 5.91 Å². The van der Waals surface area contributed by atoms with Crippen molar-refractivity contribution in [2.45, 2.75) is 65.5 Å². The van der Waals surface area contributed by atoms with Crippen molar-refractivity contribution in [3.8, 4) is 0 Å². The number of nitrogens with one attached hydrogen (secondary N) is 1. The molecule has 0 aromatic carbocycles. The first kappa shape index (κ1) is 18.5. The van der Waals surface area contributed by atoms with E-state index in [1.165, 1.54) is 4.88 Å². The zero-order valence-corrected chi connectivity index (χ0v) is 15.7. The maximum absolute atomic E-state index is 12.5. The van der Waals surface area contributed by atoms with Crippen LogP contribution in [0.15, 0.2) is 17.5 Å². The first-order valence-electron chi connectivity index (χ1n) is 8.90. The fraction of sp³-hybridized carbons (Fsp3) is 0.737. The van der Waals surface area contributed by atoms with E-state index in [1.54, 1.807) is 11.3 Å². The maximum atomic E-state index is 12.5. The standard InChI is InChI=1S/C19H31NO2S/c1-13(2)10-16(18-6-5-9-23-18)20-19(21)12-15-7-8-22-17(11-15)14(3)4/h5-6,9,13-17H,7-8,10-12H2,1-4H3,(H,20,21)/t15-,16-,17+/m0/s1. The average Bonchev–Trinajstić information content (AvgIpc) is 3.00. The van der Waals surface area contributed by atoms with Crippen molar-refractivity contribution >= 4 is 17.2 Å². The number of thiophene rings is 1.